The zero-order valence-corrected chi connectivity index (χ0v) is 10.8. The Kier molecular flexibility index (Phi) is 5.62. The van der Waals surface area contributed by atoms with Crippen molar-refractivity contribution in [2.24, 2.45) is 5.73 Å². The average molecular weight is 267 g/mol. The van der Waals surface area contributed by atoms with Crippen LogP contribution in [-0.2, 0) is 4.79 Å². The van der Waals surface area contributed by atoms with Crippen molar-refractivity contribution in [3.63, 3.8) is 0 Å². The summed E-state index contributed by atoms with van der Waals surface area (Å²) in [4.78, 5) is 11.7. The molecule has 96 valence electrons. The first kappa shape index (κ1) is 14.5. The SMILES string of the molecule is CSCC[C@@H](N)C(=O)Nc1cccc(F)c1C#N. The number of benzene rings is 1. The lowest BCUT2D eigenvalue weighted by molar-refractivity contribution is -0.117. The molecule has 0 unspecified atom stereocenters. The summed E-state index contributed by atoms with van der Waals surface area (Å²) in [6, 6.07) is 5.13. The van der Waals surface area contributed by atoms with Gasteiger partial charge in [0.1, 0.15) is 17.4 Å². The van der Waals surface area contributed by atoms with Crippen molar-refractivity contribution in [2.75, 3.05) is 17.3 Å². The first-order valence-corrected chi connectivity index (χ1v) is 6.73. The van der Waals surface area contributed by atoms with Crippen molar-refractivity contribution >= 4 is 23.4 Å². The van der Waals surface area contributed by atoms with Crippen LogP contribution in [0.15, 0.2) is 18.2 Å². The molecule has 0 saturated carbocycles. The fraction of sp³-hybridized carbons (Fsp3) is 0.333. The number of nitrogens with two attached hydrogens (primary N) is 1. The summed E-state index contributed by atoms with van der Waals surface area (Å²) in [5.41, 5.74) is 5.66. The number of nitrogens with one attached hydrogen (secondary N) is 1. The normalized spacial score (nSPS) is 11.7. The van der Waals surface area contributed by atoms with E-state index >= 15 is 0 Å². The van der Waals surface area contributed by atoms with Crippen molar-refractivity contribution < 1.29 is 9.18 Å². The summed E-state index contributed by atoms with van der Waals surface area (Å²) in [6.45, 7) is 0. The highest BCUT2D eigenvalue weighted by Gasteiger charge is 2.16. The molecule has 6 heteroatoms. The standard InChI is InChI=1S/C12H14FN3OS/c1-18-6-5-10(15)12(17)16-11-4-2-3-9(13)8(11)7-14/h2-4,10H,5-6,15H2,1H3,(H,16,17)/t10-/m1/s1. The quantitative estimate of drug-likeness (QED) is 0.851. The molecule has 0 bridgehead atoms. The van der Waals surface area contributed by atoms with Gasteiger partial charge in [0.2, 0.25) is 5.91 Å². The van der Waals surface area contributed by atoms with Gasteiger partial charge in [-0.15, -0.1) is 0 Å². The minimum absolute atomic E-state index is 0.155. The van der Waals surface area contributed by atoms with Gasteiger partial charge in [-0.05, 0) is 30.6 Å². The zero-order chi connectivity index (χ0) is 13.5. The first-order valence-electron chi connectivity index (χ1n) is 5.34. The van der Waals surface area contributed by atoms with Crippen LogP contribution in [0, 0.1) is 17.1 Å². The second-order valence-electron chi connectivity index (χ2n) is 3.65. The number of halogens is 1. The summed E-state index contributed by atoms with van der Waals surface area (Å²) >= 11 is 1.59. The molecule has 0 aliphatic heterocycles. The van der Waals surface area contributed by atoms with Crippen molar-refractivity contribution in [1.82, 2.24) is 0 Å². The van der Waals surface area contributed by atoms with Gasteiger partial charge in [0.25, 0.3) is 0 Å². The van der Waals surface area contributed by atoms with E-state index in [0.29, 0.717) is 6.42 Å². The third kappa shape index (κ3) is 3.72. The van der Waals surface area contributed by atoms with Crippen molar-refractivity contribution in [1.29, 1.82) is 5.26 Å². The maximum Gasteiger partial charge on any atom is 0.241 e. The van der Waals surface area contributed by atoms with Crippen LogP contribution in [0.4, 0.5) is 10.1 Å². The molecule has 1 atom stereocenters. The molecular weight excluding hydrogens is 253 g/mol. The molecule has 0 saturated heterocycles. The molecule has 1 aromatic rings. The minimum atomic E-state index is -0.660. The van der Waals surface area contributed by atoms with Crippen LogP contribution >= 0.6 is 11.8 Å². The zero-order valence-electron chi connectivity index (χ0n) is 9.94. The molecular formula is C12H14FN3OS. The van der Waals surface area contributed by atoms with Gasteiger partial charge in [-0.2, -0.15) is 17.0 Å². The van der Waals surface area contributed by atoms with Gasteiger partial charge in [0.05, 0.1) is 11.7 Å². The largest absolute Gasteiger partial charge is 0.323 e. The number of hydrogen-bond donors (Lipinski definition) is 2. The summed E-state index contributed by atoms with van der Waals surface area (Å²) in [5, 5.41) is 11.3. The second-order valence-corrected chi connectivity index (χ2v) is 4.64. The third-order valence-electron chi connectivity index (χ3n) is 2.35. The number of anilines is 1. The van der Waals surface area contributed by atoms with Gasteiger partial charge in [0, 0.05) is 0 Å². The van der Waals surface area contributed by atoms with Crippen molar-refractivity contribution in [3.8, 4) is 6.07 Å². The molecule has 0 aliphatic rings. The van der Waals surface area contributed by atoms with Gasteiger partial charge in [-0.1, -0.05) is 6.07 Å². The Morgan fingerprint density at radius 1 is 1.67 bits per heavy atom. The number of carbonyl (C=O) groups excluding carboxylic acids is 1. The lowest BCUT2D eigenvalue weighted by atomic mass is 10.1. The maximum atomic E-state index is 13.3. The first-order chi connectivity index (χ1) is 8.60. The highest BCUT2D eigenvalue weighted by Crippen LogP contribution is 2.18. The second kappa shape index (κ2) is 6.99. The Morgan fingerprint density at radius 2 is 2.39 bits per heavy atom. The monoisotopic (exact) mass is 267 g/mol. The lowest BCUT2D eigenvalue weighted by Crippen LogP contribution is -2.36. The van der Waals surface area contributed by atoms with E-state index in [0.717, 1.165) is 5.75 Å². The van der Waals surface area contributed by atoms with Gasteiger partial charge >= 0.3 is 0 Å². The van der Waals surface area contributed by atoms with Crippen LogP contribution in [0.3, 0.4) is 0 Å². The van der Waals surface area contributed by atoms with Gasteiger partial charge in [-0.25, -0.2) is 4.39 Å². The topological polar surface area (TPSA) is 78.9 Å². The molecule has 0 fully saturated rings. The van der Waals surface area contributed by atoms with Crippen molar-refractivity contribution in [2.45, 2.75) is 12.5 Å². The van der Waals surface area contributed by atoms with Gasteiger partial charge < -0.3 is 11.1 Å². The number of carbonyl (C=O) groups is 1. The number of nitrogens with zero attached hydrogens (tertiary/aromatic N) is 1. The molecule has 1 rings (SSSR count). The van der Waals surface area contributed by atoms with E-state index in [1.165, 1.54) is 18.2 Å². The Labute approximate surface area is 109 Å². The summed E-state index contributed by atoms with van der Waals surface area (Å²) in [5.74, 6) is -0.304. The van der Waals surface area contributed by atoms with Crippen LogP contribution in [0.2, 0.25) is 0 Å². The van der Waals surface area contributed by atoms with E-state index < -0.39 is 17.8 Å². The molecule has 1 amide bonds. The molecule has 4 nitrogen and oxygen atoms in total. The predicted molar refractivity (Wildman–Crippen MR) is 70.7 cm³/mol. The van der Waals surface area contributed by atoms with Crippen LogP contribution in [-0.4, -0.2) is 24.0 Å². The fourth-order valence-corrected chi connectivity index (χ4v) is 1.83. The summed E-state index contributed by atoms with van der Waals surface area (Å²) in [6.07, 6.45) is 2.45. The highest BCUT2D eigenvalue weighted by molar-refractivity contribution is 7.98. The van der Waals surface area contributed by atoms with Crippen LogP contribution in [0.5, 0.6) is 0 Å². The molecule has 18 heavy (non-hydrogen) atoms. The Balaban J connectivity index is 2.76. The van der Waals surface area contributed by atoms with E-state index in [-0.39, 0.29) is 11.3 Å². The third-order valence-corrected chi connectivity index (χ3v) is 3.00. The lowest BCUT2D eigenvalue weighted by Gasteiger charge is -2.12. The van der Waals surface area contributed by atoms with Crippen LogP contribution in [0.1, 0.15) is 12.0 Å². The molecule has 0 aliphatic carbocycles. The van der Waals surface area contributed by atoms with E-state index in [1.54, 1.807) is 17.8 Å². The molecule has 0 radical (unpaired) electrons. The molecule has 0 spiro atoms. The number of thioether (sulfide) groups is 1. The predicted octanol–water partition coefficient (Wildman–Crippen LogP) is 1.72. The summed E-state index contributed by atoms with van der Waals surface area (Å²) < 4.78 is 13.3. The Hall–Kier alpha value is -1.58. The van der Waals surface area contributed by atoms with E-state index in [4.69, 9.17) is 11.0 Å². The van der Waals surface area contributed by atoms with E-state index in [9.17, 15) is 9.18 Å². The van der Waals surface area contributed by atoms with Crippen molar-refractivity contribution in [3.05, 3.63) is 29.6 Å². The fourth-order valence-electron chi connectivity index (χ4n) is 1.34. The van der Waals surface area contributed by atoms with Gasteiger partial charge in [-0.3, -0.25) is 4.79 Å². The number of rotatable bonds is 5. The molecule has 0 heterocycles. The summed E-state index contributed by atoms with van der Waals surface area (Å²) in [7, 11) is 0. The minimum Gasteiger partial charge on any atom is -0.323 e. The van der Waals surface area contributed by atoms with Crippen LogP contribution < -0.4 is 11.1 Å². The smallest absolute Gasteiger partial charge is 0.241 e. The number of nitriles is 1. The van der Waals surface area contributed by atoms with Gasteiger partial charge in [0.15, 0.2) is 0 Å². The van der Waals surface area contributed by atoms with Crippen LogP contribution in [0.25, 0.3) is 0 Å². The molecule has 0 aromatic heterocycles. The molecule has 3 N–H and O–H groups in total. The molecule has 1 aromatic carbocycles. The van der Waals surface area contributed by atoms with E-state index in [1.807, 2.05) is 6.26 Å². The Bertz CT molecular complexity index is 473. The number of hydrogen-bond acceptors (Lipinski definition) is 4. The Morgan fingerprint density at radius 3 is 3.00 bits per heavy atom. The van der Waals surface area contributed by atoms with E-state index in [2.05, 4.69) is 5.32 Å². The number of amides is 1. The maximum absolute atomic E-state index is 13.3. The highest BCUT2D eigenvalue weighted by atomic mass is 32.2. The average Bonchev–Trinajstić information content (AvgIpc) is 2.36.